The van der Waals surface area contributed by atoms with E-state index >= 15 is 0 Å². The molecule has 2 atom stereocenters. The van der Waals surface area contributed by atoms with Crippen molar-refractivity contribution in [3.8, 4) is 0 Å². The van der Waals surface area contributed by atoms with Crippen molar-refractivity contribution in [3.63, 3.8) is 0 Å². The van der Waals surface area contributed by atoms with Gasteiger partial charge in [-0.2, -0.15) is 0 Å². The number of nitrogens with one attached hydrogen (secondary N) is 1. The molecule has 1 aromatic rings. The molecule has 6 nitrogen and oxygen atoms in total. The van der Waals surface area contributed by atoms with Crippen LogP contribution in [0.5, 0.6) is 0 Å². The highest BCUT2D eigenvalue weighted by Crippen LogP contribution is 2.41. The maximum atomic E-state index is 13.5. The van der Waals surface area contributed by atoms with Crippen LogP contribution in [-0.2, 0) is 4.74 Å². The lowest BCUT2D eigenvalue weighted by molar-refractivity contribution is -0.120. The monoisotopic (exact) mass is 248 g/mol. The second kappa shape index (κ2) is 4.04. The Morgan fingerprint density at radius 1 is 1.59 bits per heavy atom. The number of alkyl halides is 2. The minimum Gasteiger partial charge on any atom is -0.394 e. The van der Waals surface area contributed by atoms with Crippen LogP contribution in [0.15, 0.2) is 21.9 Å². The Labute approximate surface area is 93.5 Å². The highest BCUT2D eigenvalue weighted by Gasteiger charge is 2.51. The van der Waals surface area contributed by atoms with E-state index in [2.05, 4.69) is 0 Å². The van der Waals surface area contributed by atoms with Crippen LogP contribution in [-0.4, -0.2) is 33.3 Å². The first-order chi connectivity index (χ1) is 7.94. The lowest BCUT2D eigenvalue weighted by atomic mass is 10.2. The first-order valence-corrected chi connectivity index (χ1v) is 4.89. The molecule has 0 saturated carbocycles. The van der Waals surface area contributed by atoms with Crippen LogP contribution in [0.4, 0.5) is 8.78 Å². The number of aromatic nitrogens is 2. The zero-order chi connectivity index (χ0) is 12.6. The van der Waals surface area contributed by atoms with E-state index in [0.29, 0.717) is 4.57 Å². The third-order valence-corrected chi connectivity index (χ3v) is 2.49. The number of nitrogens with zero attached hydrogens (tertiary/aromatic N) is 1. The van der Waals surface area contributed by atoms with E-state index in [1.807, 2.05) is 4.98 Å². The third kappa shape index (κ3) is 2.13. The van der Waals surface area contributed by atoms with Crippen LogP contribution in [0.1, 0.15) is 12.6 Å². The highest BCUT2D eigenvalue weighted by atomic mass is 19.3. The number of rotatable bonds is 2. The predicted molar refractivity (Wildman–Crippen MR) is 51.9 cm³/mol. The average Bonchev–Trinajstić information content (AvgIpc) is 2.54. The number of hydrogen-bond donors (Lipinski definition) is 2. The lowest BCUT2D eigenvalue weighted by Gasteiger charge is -2.19. The van der Waals surface area contributed by atoms with Gasteiger partial charge in [0.2, 0.25) is 6.23 Å². The third-order valence-electron chi connectivity index (χ3n) is 2.49. The van der Waals surface area contributed by atoms with E-state index in [4.69, 9.17) is 9.84 Å². The summed E-state index contributed by atoms with van der Waals surface area (Å²) in [4.78, 5) is 24.0. The molecule has 1 aliphatic rings. The van der Waals surface area contributed by atoms with E-state index in [9.17, 15) is 18.4 Å². The minimum absolute atomic E-state index is 0.551. The number of hydrogen-bond acceptors (Lipinski definition) is 4. The smallest absolute Gasteiger partial charge is 0.330 e. The van der Waals surface area contributed by atoms with Crippen molar-refractivity contribution in [1.82, 2.24) is 9.55 Å². The Morgan fingerprint density at radius 3 is 2.82 bits per heavy atom. The number of H-pyrrole nitrogens is 1. The van der Waals surface area contributed by atoms with Gasteiger partial charge in [-0.25, -0.2) is 13.6 Å². The molecule has 1 aromatic heterocycles. The normalized spacial score (nSPS) is 27.2. The van der Waals surface area contributed by atoms with Crippen molar-refractivity contribution in [2.24, 2.45) is 0 Å². The molecule has 2 heterocycles. The van der Waals surface area contributed by atoms with Crippen LogP contribution in [0.3, 0.4) is 0 Å². The van der Waals surface area contributed by atoms with Crippen LogP contribution in [0, 0.1) is 0 Å². The predicted octanol–water partition coefficient (Wildman–Crippen LogP) is -0.548. The van der Waals surface area contributed by atoms with Crippen LogP contribution < -0.4 is 11.2 Å². The van der Waals surface area contributed by atoms with Gasteiger partial charge in [0.1, 0.15) is 0 Å². The maximum Gasteiger partial charge on any atom is 0.330 e. The molecular formula is C9H10F2N2O4. The van der Waals surface area contributed by atoms with Crippen molar-refractivity contribution in [2.75, 3.05) is 6.61 Å². The maximum absolute atomic E-state index is 13.5. The summed E-state index contributed by atoms with van der Waals surface area (Å²) in [6.07, 6.45) is -2.54. The fraction of sp³-hybridized carbons (Fsp3) is 0.556. The Bertz CT molecular complexity index is 524. The number of halogens is 2. The summed E-state index contributed by atoms with van der Waals surface area (Å²) in [5.41, 5.74) is -1.65. The van der Waals surface area contributed by atoms with E-state index in [1.54, 1.807) is 0 Å². The summed E-state index contributed by atoms with van der Waals surface area (Å²) in [5.74, 6) is -3.27. The van der Waals surface area contributed by atoms with E-state index < -0.39 is 42.5 Å². The fourth-order valence-electron chi connectivity index (χ4n) is 1.72. The van der Waals surface area contributed by atoms with Gasteiger partial charge in [0, 0.05) is 18.7 Å². The molecule has 0 unspecified atom stereocenters. The van der Waals surface area contributed by atoms with E-state index in [0.717, 1.165) is 12.3 Å². The molecule has 0 bridgehead atoms. The van der Waals surface area contributed by atoms with Gasteiger partial charge in [-0.15, -0.1) is 0 Å². The summed E-state index contributed by atoms with van der Waals surface area (Å²) in [7, 11) is 0. The molecule has 1 aliphatic heterocycles. The van der Waals surface area contributed by atoms with Gasteiger partial charge in [0.25, 0.3) is 11.5 Å². The van der Waals surface area contributed by atoms with E-state index in [1.165, 1.54) is 0 Å². The summed E-state index contributed by atoms with van der Waals surface area (Å²) < 4.78 is 32.5. The van der Waals surface area contributed by atoms with Gasteiger partial charge < -0.3 is 9.84 Å². The zero-order valence-corrected chi connectivity index (χ0v) is 8.60. The quantitative estimate of drug-likeness (QED) is 0.735. The van der Waals surface area contributed by atoms with Crippen LogP contribution >= 0.6 is 0 Å². The first-order valence-electron chi connectivity index (χ1n) is 4.89. The Morgan fingerprint density at radius 2 is 2.29 bits per heavy atom. The number of ether oxygens (including phenoxy) is 1. The standard InChI is InChI=1S/C9H10F2N2O4/c10-9(11)3-5(4-14)17-7(9)13-2-1-6(15)12-8(13)16/h1-2,5,7,14H,3-4H2,(H,12,15,16)/t5-,7+/m1/s1. The summed E-state index contributed by atoms with van der Waals surface area (Å²) in [6.45, 7) is -0.551. The Kier molecular flexibility index (Phi) is 2.84. The highest BCUT2D eigenvalue weighted by molar-refractivity contribution is 4.92. The average molecular weight is 248 g/mol. The topological polar surface area (TPSA) is 84.3 Å². The van der Waals surface area contributed by atoms with Crippen molar-refractivity contribution < 1.29 is 18.6 Å². The molecule has 2 rings (SSSR count). The molecule has 0 radical (unpaired) electrons. The van der Waals surface area contributed by atoms with Crippen LogP contribution in [0.25, 0.3) is 0 Å². The fourth-order valence-corrected chi connectivity index (χ4v) is 1.72. The molecule has 0 amide bonds. The lowest BCUT2D eigenvalue weighted by Crippen LogP contribution is -2.37. The van der Waals surface area contributed by atoms with Crippen molar-refractivity contribution in [2.45, 2.75) is 24.7 Å². The summed E-state index contributed by atoms with van der Waals surface area (Å²) >= 11 is 0. The van der Waals surface area contributed by atoms with Gasteiger partial charge in [0.15, 0.2) is 0 Å². The molecule has 94 valence electrons. The number of aliphatic hydroxyl groups is 1. The molecule has 0 spiro atoms. The first kappa shape index (κ1) is 11.9. The largest absolute Gasteiger partial charge is 0.394 e. The molecule has 1 saturated heterocycles. The minimum atomic E-state index is -3.27. The van der Waals surface area contributed by atoms with Gasteiger partial charge in [0.05, 0.1) is 12.7 Å². The van der Waals surface area contributed by atoms with Gasteiger partial charge >= 0.3 is 5.69 Å². The number of aliphatic hydroxyl groups excluding tert-OH is 1. The molecule has 2 N–H and O–H groups in total. The molecule has 1 fully saturated rings. The van der Waals surface area contributed by atoms with Gasteiger partial charge in [-0.1, -0.05) is 0 Å². The molecule has 0 aromatic carbocycles. The molecular weight excluding hydrogens is 238 g/mol. The molecule has 0 aliphatic carbocycles. The van der Waals surface area contributed by atoms with Gasteiger partial charge in [-0.05, 0) is 0 Å². The Hall–Kier alpha value is -1.54. The zero-order valence-electron chi connectivity index (χ0n) is 8.60. The second-order valence-electron chi connectivity index (χ2n) is 3.78. The van der Waals surface area contributed by atoms with Crippen molar-refractivity contribution in [3.05, 3.63) is 33.1 Å². The van der Waals surface area contributed by atoms with Crippen molar-refractivity contribution in [1.29, 1.82) is 0 Å². The summed E-state index contributed by atoms with van der Waals surface area (Å²) in [5, 5.41) is 8.77. The van der Waals surface area contributed by atoms with E-state index in [-0.39, 0.29) is 0 Å². The molecule has 17 heavy (non-hydrogen) atoms. The summed E-state index contributed by atoms with van der Waals surface area (Å²) in [6, 6.07) is 0.952. The second-order valence-corrected chi connectivity index (χ2v) is 3.78. The van der Waals surface area contributed by atoms with Crippen LogP contribution in [0.2, 0.25) is 0 Å². The van der Waals surface area contributed by atoms with Crippen molar-refractivity contribution >= 4 is 0 Å². The Balaban J connectivity index is 2.40. The number of aromatic amines is 1. The van der Waals surface area contributed by atoms with Gasteiger partial charge in [-0.3, -0.25) is 14.3 Å². The SMILES string of the molecule is O=c1ccn([C@H]2O[C@@H](CO)CC2(F)F)c(=O)[nH]1. The molecule has 8 heteroatoms.